The number of hydrogen-bond acceptors (Lipinski definition) is 3. The van der Waals surface area contributed by atoms with Gasteiger partial charge in [-0.05, 0) is 89.0 Å². The Morgan fingerprint density at radius 1 is 0.833 bits per heavy atom. The standard InChI is InChI=1S/C32H27BO2S/c1-17-14-25-29-26(15-17)35-30-22(33(29)23-16-19(32(2,3)4)9-12-24(23)34-25)11-10-21-28-20-7-5-6-18(20)8-13-27(28)36-31(21)30/h8-16H,5-7H2,1-4H3. The van der Waals surface area contributed by atoms with E-state index in [-0.39, 0.29) is 12.1 Å². The van der Waals surface area contributed by atoms with Gasteiger partial charge >= 0.3 is 0 Å². The van der Waals surface area contributed by atoms with Crippen LogP contribution in [-0.4, -0.2) is 6.71 Å². The molecule has 0 N–H and O–H groups in total. The minimum Gasteiger partial charge on any atom is -0.458 e. The average Bonchev–Trinajstić information content (AvgIpc) is 3.46. The Morgan fingerprint density at radius 3 is 2.50 bits per heavy atom. The van der Waals surface area contributed by atoms with E-state index in [1.54, 1.807) is 5.56 Å². The van der Waals surface area contributed by atoms with E-state index in [1.165, 1.54) is 61.5 Å². The maximum absolute atomic E-state index is 6.81. The summed E-state index contributed by atoms with van der Waals surface area (Å²) in [6, 6.07) is 20.4. The summed E-state index contributed by atoms with van der Waals surface area (Å²) in [5, 5.41) is 2.80. The molecule has 0 amide bonds. The van der Waals surface area contributed by atoms with E-state index in [9.17, 15) is 0 Å². The van der Waals surface area contributed by atoms with E-state index in [4.69, 9.17) is 9.47 Å². The van der Waals surface area contributed by atoms with Crippen LogP contribution in [0.1, 0.15) is 49.4 Å². The molecule has 1 aromatic heterocycles. The van der Waals surface area contributed by atoms with Gasteiger partial charge in [0.15, 0.2) is 0 Å². The van der Waals surface area contributed by atoms with E-state index in [2.05, 4.69) is 82.3 Å². The maximum Gasteiger partial charge on any atom is 0.260 e. The molecule has 0 bridgehead atoms. The molecule has 8 rings (SSSR count). The molecule has 2 aliphatic heterocycles. The second-order valence-electron chi connectivity index (χ2n) is 11.7. The van der Waals surface area contributed by atoms with E-state index >= 15 is 0 Å². The molecular weight excluding hydrogens is 459 g/mol. The molecule has 176 valence electrons. The summed E-state index contributed by atoms with van der Waals surface area (Å²) in [4.78, 5) is 0. The highest BCUT2D eigenvalue weighted by atomic mass is 32.1. The van der Waals surface area contributed by atoms with Crippen molar-refractivity contribution in [2.45, 2.75) is 52.4 Å². The van der Waals surface area contributed by atoms with Gasteiger partial charge in [0.25, 0.3) is 6.71 Å². The zero-order valence-corrected chi connectivity index (χ0v) is 21.9. The fourth-order valence-electron chi connectivity index (χ4n) is 6.57. The van der Waals surface area contributed by atoms with Crippen molar-refractivity contribution in [3.63, 3.8) is 0 Å². The normalized spacial score (nSPS) is 15.3. The molecule has 0 fully saturated rings. The minimum absolute atomic E-state index is 0.0647. The summed E-state index contributed by atoms with van der Waals surface area (Å²) < 4.78 is 16.0. The molecule has 36 heavy (non-hydrogen) atoms. The second-order valence-corrected chi connectivity index (χ2v) is 12.8. The van der Waals surface area contributed by atoms with Crippen molar-refractivity contribution in [3.05, 3.63) is 76.9 Å². The first-order valence-corrected chi connectivity index (χ1v) is 13.8. The van der Waals surface area contributed by atoms with Crippen LogP contribution in [0.2, 0.25) is 0 Å². The summed E-state index contributed by atoms with van der Waals surface area (Å²) in [5.74, 6) is 3.85. The van der Waals surface area contributed by atoms with Gasteiger partial charge in [-0.1, -0.05) is 51.1 Å². The predicted molar refractivity (Wildman–Crippen MR) is 152 cm³/mol. The van der Waals surface area contributed by atoms with Crippen LogP contribution in [0.4, 0.5) is 0 Å². The molecule has 5 aromatic rings. The van der Waals surface area contributed by atoms with Crippen LogP contribution in [0.25, 0.3) is 20.2 Å². The van der Waals surface area contributed by atoms with Crippen molar-refractivity contribution < 1.29 is 9.47 Å². The molecule has 1 aliphatic carbocycles. The highest BCUT2D eigenvalue weighted by Crippen LogP contribution is 2.46. The van der Waals surface area contributed by atoms with E-state index in [0.717, 1.165) is 34.0 Å². The lowest BCUT2D eigenvalue weighted by molar-refractivity contribution is 0.466. The Kier molecular flexibility index (Phi) is 4.04. The van der Waals surface area contributed by atoms with Gasteiger partial charge in [0, 0.05) is 20.9 Å². The molecule has 2 nitrogen and oxygen atoms in total. The van der Waals surface area contributed by atoms with Crippen LogP contribution < -0.4 is 25.9 Å². The van der Waals surface area contributed by atoms with Crippen molar-refractivity contribution in [1.29, 1.82) is 0 Å². The average molecular weight is 486 g/mol. The molecular formula is C32H27BO2S. The van der Waals surface area contributed by atoms with Crippen LogP contribution in [0.5, 0.6) is 23.0 Å². The van der Waals surface area contributed by atoms with Crippen molar-refractivity contribution >= 4 is 54.6 Å². The van der Waals surface area contributed by atoms with Gasteiger partial charge < -0.3 is 9.47 Å². The van der Waals surface area contributed by atoms with Crippen molar-refractivity contribution in [3.8, 4) is 23.0 Å². The molecule has 4 heteroatoms. The number of aryl methyl sites for hydroxylation is 3. The van der Waals surface area contributed by atoms with Gasteiger partial charge in [0.05, 0.1) is 4.70 Å². The number of benzene rings is 4. The van der Waals surface area contributed by atoms with Crippen LogP contribution in [0, 0.1) is 6.92 Å². The van der Waals surface area contributed by atoms with Gasteiger partial charge in [-0.15, -0.1) is 11.3 Å². The minimum atomic E-state index is 0.0647. The smallest absolute Gasteiger partial charge is 0.260 e. The van der Waals surface area contributed by atoms with Crippen molar-refractivity contribution in [2.24, 2.45) is 0 Å². The number of ether oxygens (including phenoxy) is 2. The van der Waals surface area contributed by atoms with Crippen molar-refractivity contribution in [2.75, 3.05) is 0 Å². The molecule has 0 saturated carbocycles. The van der Waals surface area contributed by atoms with Gasteiger partial charge in [-0.2, -0.15) is 0 Å². The third kappa shape index (κ3) is 2.74. The number of fused-ring (bicyclic) bond motifs is 10. The first-order valence-electron chi connectivity index (χ1n) is 13.0. The molecule has 3 aliphatic rings. The third-order valence-corrected chi connectivity index (χ3v) is 9.50. The lowest BCUT2D eigenvalue weighted by Crippen LogP contribution is -2.57. The van der Waals surface area contributed by atoms with Crippen LogP contribution in [-0.2, 0) is 18.3 Å². The van der Waals surface area contributed by atoms with E-state index in [1.807, 2.05) is 11.3 Å². The fraction of sp³-hybridized carbons (Fsp3) is 0.250. The highest BCUT2D eigenvalue weighted by Gasteiger charge is 2.41. The Morgan fingerprint density at radius 2 is 1.67 bits per heavy atom. The second kappa shape index (κ2) is 6.95. The third-order valence-electron chi connectivity index (χ3n) is 8.34. The molecule has 0 spiro atoms. The first kappa shape index (κ1) is 20.9. The Balaban J connectivity index is 1.44. The van der Waals surface area contributed by atoms with Crippen molar-refractivity contribution in [1.82, 2.24) is 0 Å². The maximum atomic E-state index is 6.81. The number of hydrogen-bond donors (Lipinski definition) is 0. The van der Waals surface area contributed by atoms with Crippen LogP contribution >= 0.6 is 11.3 Å². The van der Waals surface area contributed by atoms with Crippen LogP contribution in [0.3, 0.4) is 0 Å². The zero-order valence-electron chi connectivity index (χ0n) is 21.1. The molecule has 0 atom stereocenters. The SMILES string of the molecule is Cc1cc2c3c(c1)Oc1c(ccc4c1sc1ccc5c(c14)CCC5)B3c1cc(C(C)(C)C)ccc1O2. The number of thiophene rings is 1. The van der Waals surface area contributed by atoms with E-state index < -0.39 is 0 Å². The van der Waals surface area contributed by atoms with Gasteiger partial charge in [0.2, 0.25) is 0 Å². The van der Waals surface area contributed by atoms with Crippen LogP contribution in [0.15, 0.2) is 54.6 Å². The Bertz CT molecular complexity index is 1770. The lowest BCUT2D eigenvalue weighted by Gasteiger charge is -2.34. The summed E-state index contributed by atoms with van der Waals surface area (Å²) in [5.41, 5.74) is 9.28. The largest absolute Gasteiger partial charge is 0.458 e. The predicted octanol–water partition coefficient (Wildman–Crippen LogP) is 6.88. The molecule has 0 saturated heterocycles. The highest BCUT2D eigenvalue weighted by molar-refractivity contribution is 7.26. The quantitative estimate of drug-likeness (QED) is 0.218. The fourth-order valence-corrected chi connectivity index (χ4v) is 7.79. The first-order chi connectivity index (χ1) is 17.4. The Hall–Kier alpha value is -3.24. The van der Waals surface area contributed by atoms with Gasteiger partial charge in [0.1, 0.15) is 23.0 Å². The summed E-state index contributed by atoms with van der Waals surface area (Å²) in [6.45, 7) is 9.05. The Labute approximate surface area is 216 Å². The van der Waals surface area contributed by atoms with Gasteiger partial charge in [-0.25, -0.2) is 0 Å². The zero-order chi connectivity index (χ0) is 24.3. The molecule has 3 heterocycles. The summed E-state index contributed by atoms with van der Waals surface area (Å²) in [6.07, 6.45) is 3.65. The summed E-state index contributed by atoms with van der Waals surface area (Å²) in [7, 11) is 0. The molecule has 4 aromatic carbocycles. The molecule has 0 radical (unpaired) electrons. The lowest BCUT2D eigenvalue weighted by atomic mass is 9.34. The molecule has 0 unspecified atom stereocenters. The monoisotopic (exact) mass is 486 g/mol. The number of rotatable bonds is 0. The van der Waals surface area contributed by atoms with E-state index in [0.29, 0.717) is 0 Å². The summed E-state index contributed by atoms with van der Waals surface area (Å²) >= 11 is 1.89. The van der Waals surface area contributed by atoms with Gasteiger partial charge in [-0.3, -0.25) is 0 Å². The topological polar surface area (TPSA) is 18.5 Å².